The van der Waals surface area contributed by atoms with E-state index in [9.17, 15) is 14.4 Å². The van der Waals surface area contributed by atoms with Crippen LogP contribution >= 0.6 is 11.3 Å². The molecule has 3 aromatic rings. The lowest BCUT2D eigenvalue weighted by molar-refractivity contribution is -0.116. The highest BCUT2D eigenvalue weighted by Gasteiger charge is 2.13. The SMILES string of the molecule is CCOCCc1nn2c(=O)cc(COC(=O)c3ccc(NC(=O)CC(C)C)cc3)nc2s1. The van der Waals surface area contributed by atoms with Crippen LogP contribution in [0.25, 0.3) is 4.96 Å². The van der Waals surface area contributed by atoms with E-state index in [4.69, 9.17) is 9.47 Å². The maximum absolute atomic E-state index is 12.4. The van der Waals surface area contributed by atoms with Crippen molar-refractivity contribution in [2.75, 3.05) is 18.5 Å². The summed E-state index contributed by atoms with van der Waals surface area (Å²) in [4.78, 5) is 41.3. The molecule has 0 aliphatic heterocycles. The summed E-state index contributed by atoms with van der Waals surface area (Å²) in [6.07, 6.45) is 1.02. The molecule has 0 saturated carbocycles. The number of carbonyl (C=O) groups is 2. The maximum atomic E-state index is 12.4. The Morgan fingerprint density at radius 2 is 1.97 bits per heavy atom. The summed E-state index contributed by atoms with van der Waals surface area (Å²) in [5, 5.41) is 7.79. The molecule has 0 bridgehead atoms. The minimum atomic E-state index is -0.547. The Hall–Kier alpha value is -3.11. The number of rotatable bonds is 10. The zero-order valence-corrected chi connectivity index (χ0v) is 19.1. The highest BCUT2D eigenvalue weighted by molar-refractivity contribution is 7.16. The van der Waals surface area contributed by atoms with Crippen LogP contribution in [0.4, 0.5) is 5.69 Å². The largest absolute Gasteiger partial charge is 0.456 e. The summed E-state index contributed by atoms with van der Waals surface area (Å²) in [7, 11) is 0. The Bertz CT molecular complexity index is 1140. The Kier molecular flexibility index (Phi) is 8.07. The van der Waals surface area contributed by atoms with Crippen molar-refractivity contribution in [3.8, 4) is 0 Å². The number of nitrogens with zero attached hydrogens (tertiary/aromatic N) is 3. The van der Waals surface area contributed by atoms with E-state index in [-0.39, 0.29) is 24.0 Å². The molecule has 1 aromatic carbocycles. The third-order valence-electron chi connectivity index (χ3n) is 4.35. The number of benzene rings is 1. The molecular weight excluding hydrogens is 432 g/mol. The van der Waals surface area contributed by atoms with Gasteiger partial charge in [-0.2, -0.15) is 9.61 Å². The standard InChI is InChI=1S/C22H26N4O5S/c1-4-30-10-9-19-25-26-20(28)12-17(24-22(26)32-19)13-31-21(29)15-5-7-16(8-6-15)23-18(27)11-14(2)3/h5-8,12,14H,4,9-11,13H2,1-3H3,(H,23,27). The highest BCUT2D eigenvalue weighted by Crippen LogP contribution is 2.14. The van der Waals surface area contributed by atoms with Gasteiger partial charge in [-0.05, 0) is 37.1 Å². The molecule has 3 rings (SSSR count). The van der Waals surface area contributed by atoms with E-state index >= 15 is 0 Å². The highest BCUT2D eigenvalue weighted by atomic mass is 32.1. The predicted octanol–water partition coefficient (Wildman–Crippen LogP) is 3.07. The number of hydrogen-bond donors (Lipinski definition) is 1. The van der Waals surface area contributed by atoms with E-state index in [2.05, 4.69) is 15.4 Å². The fraction of sp³-hybridized carbons (Fsp3) is 0.409. The van der Waals surface area contributed by atoms with Gasteiger partial charge in [0.15, 0.2) is 0 Å². The minimum absolute atomic E-state index is 0.0767. The van der Waals surface area contributed by atoms with Crippen molar-refractivity contribution in [2.24, 2.45) is 5.92 Å². The van der Waals surface area contributed by atoms with Gasteiger partial charge in [-0.1, -0.05) is 25.2 Å². The van der Waals surface area contributed by atoms with Gasteiger partial charge in [0.1, 0.15) is 11.6 Å². The third kappa shape index (κ3) is 6.44. The summed E-state index contributed by atoms with van der Waals surface area (Å²) >= 11 is 1.30. The molecule has 1 N–H and O–H groups in total. The smallest absolute Gasteiger partial charge is 0.338 e. The summed E-state index contributed by atoms with van der Waals surface area (Å²) < 4.78 is 11.9. The van der Waals surface area contributed by atoms with Crippen LogP contribution in [0.15, 0.2) is 35.1 Å². The van der Waals surface area contributed by atoms with Gasteiger partial charge < -0.3 is 14.8 Å². The van der Waals surface area contributed by atoms with Crippen LogP contribution in [0.2, 0.25) is 0 Å². The van der Waals surface area contributed by atoms with Crippen LogP contribution in [0.3, 0.4) is 0 Å². The van der Waals surface area contributed by atoms with Gasteiger partial charge in [-0.3, -0.25) is 9.59 Å². The molecule has 2 heterocycles. The van der Waals surface area contributed by atoms with Crippen molar-refractivity contribution in [1.29, 1.82) is 0 Å². The molecular formula is C22H26N4O5S. The normalized spacial score (nSPS) is 11.1. The number of ether oxygens (including phenoxy) is 2. The molecule has 0 spiro atoms. The lowest BCUT2D eigenvalue weighted by atomic mass is 10.1. The topological polar surface area (TPSA) is 112 Å². The number of nitrogens with one attached hydrogen (secondary N) is 1. The van der Waals surface area contributed by atoms with E-state index in [1.807, 2.05) is 20.8 Å². The second-order valence-corrected chi connectivity index (χ2v) is 8.56. The summed E-state index contributed by atoms with van der Waals surface area (Å²) in [6.45, 7) is 6.86. The molecule has 9 nitrogen and oxygen atoms in total. The van der Waals surface area contributed by atoms with Crippen LogP contribution in [0, 0.1) is 5.92 Å². The van der Waals surface area contributed by atoms with Crippen molar-refractivity contribution in [1.82, 2.24) is 14.6 Å². The van der Waals surface area contributed by atoms with Crippen LogP contribution in [-0.2, 0) is 27.3 Å². The molecule has 0 aliphatic rings. The van der Waals surface area contributed by atoms with E-state index in [1.54, 1.807) is 24.3 Å². The molecule has 2 aromatic heterocycles. The van der Waals surface area contributed by atoms with Crippen LogP contribution in [0.5, 0.6) is 0 Å². The van der Waals surface area contributed by atoms with Gasteiger partial charge in [0.25, 0.3) is 5.56 Å². The first kappa shape index (κ1) is 23.6. The molecule has 0 unspecified atom stereocenters. The number of esters is 1. The Morgan fingerprint density at radius 3 is 2.66 bits per heavy atom. The van der Waals surface area contributed by atoms with Crippen molar-refractivity contribution in [2.45, 2.75) is 40.2 Å². The lowest BCUT2D eigenvalue weighted by Crippen LogP contribution is -2.17. The van der Waals surface area contributed by atoms with E-state index in [0.717, 1.165) is 5.01 Å². The van der Waals surface area contributed by atoms with Crippen LogP contribution in [0.1, 0.15) is 48.3 Å². The number of hydrogen-bond acceptors (Lipinski definition) is 8. The fourth-order valence-electron chi connectivity index (χ4n) is 2.87. The quantitative estimate of drug-likeness (QED) is 0.367. The van der Waals surface area contributed by atoms with Gasteiger partial charge in [0.05, 0.1) is 17.9 Å². The molecule has 170 valence electrons. The molecule has 32 heavy (non-hydrogen) atoms. The fourth-order valence-corrected chi connectivity index (χ4v) is 3.77. The summed E-state index contributed by atoms with van der Waals surface area (Å²) in [6, 6.07) is 7.75. The second-order valence-electron chi connectivity index (χ2n) is 7.52. The van der Waals surface area contributed by atoms with Gasteiger partial charge in [0.2, 0.25) is 10.9 Å². The number of amides is 1. The Morgan fingerprint density at radius 1 is 1.22 bits per heavy atom. The first-order valence-electron chi connectivity index (χ1n) is 10.4. The Labute approximate surface area is 189 Å². The summed E-state index contributed by atoms with van der Waals surface area (Å²) in [5.74, 6) is -0.363. The lowest BCUT2D eigenvalue weighted by Gasteiger charge is -2.08. The van der Waals surface area contributed by atoms with Crippen molar-refractivity contribution >= 4 is 33.9 Å². The third-order valence-corrected chi connectivity index (χ3v) is 5.32. The molecule has 0 saturated heterocycles. The minimum Gasteiger partial charge on any atom is -0.456 e. The summed E-state index contributed by atoms with van der Waals surface area (Å²) in [5.41, 5.74) is 0.959. The number of fused-ring (bicyclic) bond motifs is 1. The molecule has 0 atom stereocenters. The molecule has 10 heteroatoms. The van der Waals surface area contributed by atoms with Crippen molar-refractivity contribution in [3.63, 3.8) is 0 Å². The second kappa shape index (κ2) is 11.0. The monoisotopic (exact) mass is 458 g/mol. The van der Waals surface area contributed by atoms with Gasteiger partial charge in [0, 0.05) is 31.2 Å². The average molecular weight is 459 g/mol. The molecule has 0 fully saturated rings. The van der Waals surface area contributed by atoms with Gasteiger partial charge in [-0.15, -0.1) is 0 Å². The molecule has 0 aliphatic carbocycles. The number of anilines is 1. The van der Waals surface area contributed by atoms with Crippen LogP contribution in [-0.4, -0.2) is 39.7 Å². The number of aromatic nitrogens is 3. The van der Waals surface area contributed by atoms with Crippen molar-refractivity contribution in [3.05, 3.63) is 57.0 Å². The van der Waals surface area contributed by atoms with E-state index in [1.165, 1.54) is 21.9 Å². The van der Waals surface area contributed by atoms with E-state index in [0.29, 0.717) is 48.0 Å². The zero-order chi connectivity index (χ0) is 23.1. The van der Waals surface area contributed by atoms with Gasteiger partial charge >= 0.3 is 5.97 Å². The maximum Gasteiger partial charge on any atom is 0.338 e. The predicted molar refractivity (Wildman–Crippen MR) is 121 cm³/mol. The first-order valence-corrected chi connectivity index (χ1v) is 11.2. The zero-order valence-electron chi connectivity index (χ0n) is 18.3. The number of carbonyl (C=O) groups excluding carboxylic acids is 2. The molecule has 1 amide bonds. The van der Waals surface area contributed by atoms with Crippen molar-refractivity contribution < 1.29 is 19.1 Å². The van der Waals surface area contributed by atoms with E-state index < -0.39 is 5.97 Å². The van der Waals surface area contributed by atoms with Crippen LogP contribution < -0.4 is 10.9 Å². The average Bonchev–Trinajstić information content (AvgIpc) is 3.15. The van der Waals surface area contributed by atoms with Gasteiger partial charge in [-0.25, -0.2) is 9.78 Å². The Balaban J connectivity index is 1.60. The first-order chi connectivity index (χ1) is 15.4. The molecule has 0 radical (unpaired) electrons.